The van der Waals surface area contributed by atoms with Crippen LogP contribution in [-0.4, -0.2) is 47.2 Å². The second kappa shape index (κ2) is 6.00. The largest absolute Gasteiger partial charge is 0.385 e. The van der Waals surface area contributed by atoms with Crippen LogP contribution in [0.1, 0.15) is 29.8 Å². The Kier molecular flexibility index (Phi) is 4.36. The lowest BCUT2D eigenvalue weighted by Crippen LogP contribution is -2.40. The second-order valence-electron chi connectivity index (χ2n) is 4.93. The number of aromatic nitrogens is 2. The van der Waals surface area contributed by atoms with Crippen LogP contribution in [0, 0.1) is 5.92 Å². The van der Waals surface area contributed by atoms with Gasteiger partial charge in [-0.25, -0.2) is 4.98 Å². The summed E-state index contributed by atoms with van der Waals surface area (Å²) in [4.78, 5) is 18.3. The molecule has 1 fully saturated rings. The number of amides is 1. The molecule has 0 aromatic carbocycles. The van der Waals surface area contributed by atoms with Gasteiger partial charge in [0, 0.05) is 33.9 Å². The highest BCUT2D eigenvalue weighted by atomic mass is 16.5. The molecule has 0 aliphatic carbocycles. The average Bonchev–Trinajstić information content (AvgIpc) is 2.82. The van der Waals surface area contributed by atoms with Gasteiger partial charge in [-0.15, -0.1) is 0 Å². The van der Waals surface area contributed by atoms with Crippen molar-refractivity contribution in [1.82, 2.24) is 14.5 Å². The quantitative estimate of drug-likeness (QED) is 0.810. The summed E-state index contributed by atoms with van der Waals surface area (Å²) in [7, 11) is 3.58. The lowest BCUT2D eigenvalue weighted by Gasteiger charge is -2.32. The molecule has 1 aromatic heterocycles. The minimum absolute atomic E-state index is 0.0946. The van der Waals surface area contributed by atoms with Gasteiger partial charge in [0.25, 0.3) is 5.91 Å². The van der Waals surface area contributed by atoms with Crippen molar-refractivity contribution in [3.05, 3.63) is 18.2 Å². The van der Waals surface area contributed by atoms with E-state index < -0.39 is 0 Å². The first-order valence-corrected chi connectivity index (χ1v) is 6.47. The zero-order chi connectivity index (χ0) is 13.0. The van der Waals surface area contributed by atoms with Crippen molar-refractivity contribution in [1.29, 1.82) is 0 Å². The van der Waals surface area contributed by atoms with Gasteiger partial charge in [-0.1, -0.05) is 0 Å². The molecule has 0 saturated carbocycles. The van der Waals surface area contributed by atoms with E-state index in [1.165, 1.54) is 6.42 Å². The first-order chi connectivity index (χ1) is 8.72. The number of aryl methyl sites for hydroxylation is 1. The lowest BCUT2D eigenvalue weighted by atomic mass is 9.95. The van der Waals surface area contributed by atoms with Crippen molar-refractivity contribution in [2.75, 3.05) is 26.8 Å². The van der Waals surface area contributed by atoms with E-state index in [0.717, 1.165) is 32.5 Å². The van der Waals surface area contributed by atoms with Crippen LogP contribution < -0.4 is 0 Å². The van der Waals surface area contributed by atoms with E-state index in [1.807, 2.05) is 11.9 Å². The van der Waals surface area contributed by atoms with Gasteiger partial charge in [0.1, 0.15) is 5.69 Å². The number of carbonyl (C=O) groups excluding carboxylic acids is 1. The summed E-state index contributed by atoms with van der Waals surface area (Å²) in [6, 6.07) is 0. The van der Waals surface area contributed by atoms with Crippen LogP contribution in [0.15, 0.2) is 12.5 Å². The number of piperidine rings is 1. The highest BCUT2D eigenvalue weighted by molar-refractivity contribution is 5.92. The van der Waals surface area contributed by atoms with E-state index in [4.69, 9.17) is 4.74 Å². The number of hydrogen-bond donors (Lipinski definition) is 0. The molecule has 1 aliphatic rings. The van der Waals surface area contributed by atoms with Crippen molar-refractivity contribution >= 4 is 5.91 Å². The van der Waals surface area contributed by atoms with E-state index in [9.17, 15) is 4.79 Å². The fourth-order valence-electron chi connectivity index (χ4n) is 2.49. The molecule has 18 heavy (non-hydrogen) atoms. The molecular formula is C13H21N3O2. The van der Waals surface area contributed by atoms with Crippen LogP contribution in [0.25, 0.3) is 0 Å². The second-order valence-corrected chi connectivity index (χ2v) is 4.93. The highest BCUT2D eigenvalue weighted by Gasteiger charge is 2.25. The Labute approximate surface area is 108 Å². The number of nitrogens with zero attached hydrogens (tertiary/aromatic N) is 3. The Balaban J connectivity index is 1.96. The molecule has 5 nitrogen and oxygen atoms in total. The van der Waals surface area contributed by atoms with Crippen LogP contribution in [-0.2, 0) is 11.8 Å². The van der Waals surface area contributed by atoms with Gasteiger partial charge in [-0.2, -0.15) is 0 Å². The maximum Gasteiger partial charge on any atom is 0.272 e. The third-order valence-electron chi connectivity index (χ3n) is 3.57. The van der Waals surface area contributed by atoms with Crippen molar-refractivity contribution in [2.45, 2.75) is 19.3 Å². The van der Waals surface area contributed by atoms with E-state index >= 15 is 0 Å². The molecule has 100 valence electrons. The van der Waals surface area contributed by atoms with E-state index in [0.29, 0.717) is 11.6 Å². The summed E-state index contributed by atoms with van der Waals surface area (Å²) in [5.74, 6) is 0.660. The number of rotatable bonds is 4. The third kappa shape index (κ3) is 2.90. The summed E-state index contributed by atoms with van der Waals surface area (Å²) in [6.45, 7) is 2.47. The monoisotopic (exact) mass is 251 g/mol. The standard InChI is InChI=1S/C13H21N3O2/c1-15-10-14-8-12(15)13(17)16-6-3-4-11(9-16)5-7-18-2/h8,10-11H,3-7,9H2,1-2H3. The zero-order valence-electron chi connectivity index (χ0n) is 11.1. The molecule has 0 spiro atoms. The molecule has 1 aromatic rings. The molecule has 0 N–H and O–H groups in total. The van der Waals surface area contributed by atoms with Gasteiger partial charge in [-0.05, 0) is 25.2 Å². The Bertz CT molecular complexity index is 403. The summed E-state index contributed by atoms with van der Waals surface area (Å²) in [5, 5.41) is 0. The SMILES string of the molecule is COCCC1CCCN(C(=O)c2cncn2C)C1. The van der Waals surface area contributed by atoms with E-state index in [-0.39, 0.29) is 5.91 Å². The van der Waals surface area contributed by atoms with Gasteiger partial charge >= 0.3 is 0 Å². The Morgan fingerprint density at radius 3 is 3.11 bits per heavy atom. The normalized spacial score (nSPS) is 20.1. The molecule has 0 radical (unpaired) electrons. The lowest BCUT2D eigenvalue weighted by molar-refractivity contribution is 0.0633. The molecule has 2 heterocycles. The van der Waals surface area contributed by atoms with Crippen LogP contribution in [0.4, 0.5) is 0 Å². The number of methoxy groups -OCH3 is 1. The zero-order valence-corrected chi connectivity index (χ0v) is 11.1. The van der Waals surface area contributed by atoms with Gasteiger partial charge in [0.05, 0.1) is 12.5 Å². The van der Waals surface area contributed by atoms with Gasteiger partial charge in [0.2, 0.25) is 0 Å². The Morgan fingerprint density at radius 2 is 2.44 bits per heavy atom. The van der Waals surface area contributed by atoms with E-state index in [1.54, 1.807) is 24.2 Å². The first-order valence-electron chi connectivity index (χ1n) is 6.47. The third-order valence-corrected chi connectivity index (χ3v) is 3.57. The average molecular weight is 251 g/mol. The molecule has 1 saturated heterocycles. The summed E-state index contributed by atoms with van der Waals surface area (Å²) in [6.07, 6.45) is 6.61. The summed E-state index contributed by atoms with van der Waals surface area (Å²) >= 11 is 0. The predicted molar refractivity (Wildman–Crippen MR) is 68.3 cm³/mol. The fraction of sp³-hybridized carbons (Fsp3) is 0.692. The van der Waals surface area contributed by atoms with Crippen LogP contribution in [0.2, 0.25) is 0 Å². The molecule has 5 heteroatoms. The summed E-state index contributed by atoms with van der Waals surface area (Å²) in [5.41, 5.74) is 0.669. The van der Waals surface area contributed by atoms with Gasteiger partial charge in [0.15, 0.2) is 0 Å². The van der Waals surface area contributed by atoms with E-state index in [2.05, 4.69) is 4.98 Å². The van der Waals surface area contributed by atoms with Crippen LogP contribution in [0.3, 0.4) is 0 Å². The van der Waals surface area contributed by atoms with Crippen molar-refractivity contribution in [3.63, 3.8) is 0 Å². The first kappa shape index (κ1) is 13.1. The highest BCUT2D eigenvalue weighted by Crippen LogP contribution is 2.21. The number of carbonyl (C=O) groups is 1. The minimum atomic E-state index is 0.0946. The topological polar surface area (TPSA) is 47.4 Å². The predicted octanol–water partition coefficient (Wildman–Crippen LogP) is 1.31. The minimum Gasteiger partial charge on any atom is -0.385 e. The summed E-state index contributed by atoms with van der Waals surface area (Å²) < 4.78 is 6.89. The van der Waals surface area contributed by atoms with Gasteiger partial charge in [-0.3, -0.25) is 4.79 Å². The van der Waals surface area contributed by atoms with Crippen LogP contribution >= 0.6 is 0 Å². The maximum atomic E-state index is 12.3. The Hall–Kier alpha value is -1.36. The molecule has 1 unspecified atom stereocenters. The number of ether oxygens (including phenoxy) is 1. The molecule has 1 aliphatic heterocycles. The molecule has 1 amide bonds. The number of likely N-dealkylation sites (tertiary alicyclic amines) is 1. The van der Waals surface area contributed by atoms with Crippen molar-refractivity contribution in [3.8, 4) is 0 Å². The van der Waals surface area contributed by atoms with Crippen molar-refractivity contribution in [2.24, 2.45) is 13.0 Å². The number of hydrogen-bond acceptors (Lipinski definition) is 3. The molecular weight excluding hydrogens is 230 g/mol. The fourth-order valence-corrected chi connectivity index (χ4v) is 2.49. The molecule has 0 bridgehead atoms. The van der Waals surface area contributed by atoms with Crippen LogP contribution in [0.5, 0.6) is 0 Å². The van der Waals surface area contributed by atoms with Gasteiger partial charge < -0.3 is 14.2 Å². The molecule has 1 atom stereocenters. The molecule has 2 rings (SSSR count). The smallest absolute Gasteiger partial charge is 0.272 e. The maximum absolute atomic E-state index is 12.3. The number of imidazole rings is 1. The Morgan fingerprint density at radius 1 is 1.61 bits per heavy atom. The van der Waals surface area contributed by atoms with Crippen molar-refractivity contribution < 1.29 is 9.53 Å².